The lowest BCUT2D eigenvalue weighted by atomic mass is 9.82. The summed E-state index contributed by atoms with van der Waals surface area (Å²) in [4.78, 5) is 12.4. The first-order valence-electron chi connectivity index (χ1n) is 7.16. The normalized spacial score (nSPS) is 21.2. The third-order valence-corrected chi connectivity index (χ3v) is 3.51. The van der Waals surface area contributed by atoms with E-state index >= 15 is 0 Å². The predicted molar refractivity (Wildman–Crippen MR) is 79.4 cm³/mol. The molecule has 1 heterocycles. The Bertz CT molecular complexity index is 434. The third kappa shape index (κ3) is 3.81. The fourth-order valence-corrected chi connectivity index (χ4v) is 2.41. The van der Waals surface area contributed by atoms with Crippen molar-refractivity contribution in [2.75, 3.05) is 19.7 Å². The molecule has 1 amide bonds. The van der Waals surface area contributed by atoms with E-state index in [1.807, 2.05) is 18.2 Å². The summed E-state index contributed by atoms with van der Waals surface area (Å²) in [6.07, 6.45) is -0.391. The molecule has 1 saturated heterocycles. The van der Waals surface area contributed by atoms with Crippen LogP contribution in [0.25, 0.3) is 0 Å². The summed E-state index contributed by atoms with van der Waals surface area (Å²) in [6.45, 7) is 8.37. The lowest BCUT2D eigenvalue weighted by Crippen LogP contribution is -2.50. The van der Waals surface area contributed by atoms with E-state index < -0.39 is 6.10 Å². The molecule has 0 saturated carbocycles. The molecule has 20 heavy (non-hydrogen) atoms. The summed E-state index contributed by atoms with van der Waals surface area (Å²) >= 11 is 0. The van der Waals surface area contributed by atoms with Crippen LogP contribution in [0.4, 0.5) is 0 Å². The van der Waals surface area contributed by atoms with Gasteiger partial charge in [0.1, 0.15) is 6.10 Å². The topological polar surface area (TPSA) is 50.4 Å². The molecule has 2 N–H and O–H groups in total. The highest BCUT2D eigenvalue weighted by atomic mass is 16.5. The summed E-state index contributed by atoms with van der Waals surface area (Å²) in [5.41, 5.74) is 1.07. The van der Waals surface area contributed by atoms with Crippen LogP contribution in [0.5, 0.6) is 0 Å². The highest BCUT2D eigenvalue weighted by Crippen LogP contribution is 2.32. The van der Waals surface area contributed by atoms with Crippen molar-refractivity contribution in [3.8, 4) is 0 Å². The quantitative estimate of drug-likeness (QED) is 0.886. The molecule has 2 unspecified atom stereocenters. The average molecular weight is 276 g/mol. The fraction of sp³-hybridized carbons (Fsp3) is 0.562. The molecule has 1 aromatic carbocycles. The van der Waals surface area contributed by atoms with Crippen LogP contribution < -0.4 is 10.6 Å². The standard InChI is InChI=1S/C16H24N2O2/c1-16(2,3)14(12-7-5-4-6-8-12)18-15(19)13-11-17-9-10-20-13/h4-8,13-14,17H,9-11H2,1-3H3,(H,18,19). The zero-order valence-corrected chi connectivity index (χ0v) is 12.5. The number of carbonyl (C=O) groups excluding carboxylic acids is 1. The zero-order chi connectivity index (χ0) is 14.6. The number of amides is 1. The Morgan fingerprint density at radius 3 is 2.60 bits per heavy atom. The van der Waals surface area contributed by atoms with Gasteiger partial charge in [-0.2, -0.15) is 0 Å². The number of ether oxygens (including phenoxy) is 1. The Balaban J connectivity index is 2.10. The van der Waals surface area contributed by atoms with Gasteiger partial charge in [0.05, 0.1) is 12.6 Å². The number of nitrogens with one attached hydrogen (secondary N) is 2. The lowest BCUT2D eigenvalue weighted by Gasteiger charge is -2.34. The van der Waals surface area contributed by atoms with Gasteiger partial charge in [-0.15, -0.1) is 0 Å². The first-order valence-corrected chi connectivity index (χ1v) is 7.16. The Kier molecular flexibility index (Phi) is 4.78. The van der Waals surface area contributed by atoms with Crippen molar-refractivity contribution in [2.24, 2.45) is 5.41 Å². The van der Waals surface area contributed by atoms with Gasteiger partial charge in [-0.1, -0.05) is 51.1 Å². The lowest BCUT2D eigenvalue weighted by molar-refractivity contribution is -0.135. The second kappa shape index (κ2) is 6.37. The maximum Gasteiger partial charge on any atom is 0.250 e. The van der Waals surface area contributed by atoms with Crippen molar-refractivity contribution in [1.29, 1.82) is 0 Å². The molecule has 0 aliphatic carbocycles. The number of carbonyl (C=O) groups is 1. The van der Waals surface area contributed by atoms with Gasteiger partial charge in [-0.3, -0.25) is 4.79 Å². The fourth-order valence-electron chi connectivity index (χ4n) is 2.41. The minimum atomic E-state index is -0.391. The largest absolute Gasteiger partial charge is 0.366 e. The maximum atomic E-state index is 12.4. The van der Waals surface area contributed by atoms with Gasteiger partial charge >= 0.3 is 0 Å². The van der Waals surface area contributed by atoms with Crippen LogP contribution in [0.15, 0.2) is 30.3 Å². The van der Waals surface area contributed by atoms with Crippen molar-refractivity contribution in [3.63, 3.8) is 0 Å². The summed E-state index contributed by atoms with van der Waals surface area (Å²) in [5, 5.41) is 6.32. The van der Waals surface area contributed by atoms with Gasteiger partial charge in [0.2, 0.25) is 0 Å². The van der Waals surface area contributed by atoms with Gasteiger partial charge in [0, 0.05) is 13.1 Å². The molecule has 4 heteroatoms. The monoisotopic (exact) mass is 276 g/mol. The van der Waals surface area contributed by atoms with Gasteiger partial charge in [-0.05, 0) is 11.0 Å². The minimum Gasteiger partial charge on any atom is -0.366 e. The van der Waals surface area contributed by atoms with E-state index in [4.69, 9.17) is 4.74 Å². The number of hydrogen-bond acceptors (Lipinski definition) is 3. The highest BCUT2D eigenvalue weighted by molar-refractivity contribution is 5.81. The molecule has 1 aromatic rings. The Hall–Kier alpha value is -1.39. The first-order chi connectivity index (χ1) is 9.48. The second-order valence-corrected chi connectivity index (χ2v) is 6.28. The van der Waals surface area contributed by atoms with E-state index in [1.165, 1.54) is 0 Å². The highest BCUT2D eigenvalue weighted by Gasteiger charge is 2.31. The number of benzene rings is 1. The first kappa shape index (κ1) is 15.0. The summed E-state index contributed by atoms with van der Waals surface area (Å²) in [5.74, 6) is -0.0408. The van der Waals surface area contributed by atoms with Crippen LogP contribution in [0.1, 0.15) is 32.4 Å². The van der Waals surface area contributed by atoms with E-state index in [0.717, 1.165) is 12.1 Å². The molecular weight excluding hydrogens is 252 g/mol. The maximum absolute atomic E-state index is 12.4. The van der Waals surface area contributed by atoms with Crippen molar-refractivity contribution in [1.82, 2.24) is 10.6 Å². The van der Waals surface area contributed by atoms with Gasteiger partial charge in [0.25, 0.3) is 5.91 Å². The van der Waals surface area contributed by atoms with Crippen molar-refractivity contribution >= 4 is 5.91 Å². The number of hydrogen-bond donors (Lipinski definition) is 2. The Morgan fingerprint density at radius 2 is 2.05 bits per heavy atom. The van der Waals surface area contributed by atoms with E-state index in [0.29, 0.717) is 13.2 Å². The molecule has 2 atom stereocenters. The molecule has 0 bridgehead atoms. The molecule has 2 rings (SSSR count). The van der Waals surface area contributed by atoms with Gasteiger partial charge in [-0.25, -0.2) is 0 Å². The summed E-state index contributed by atoms with van der Waals surface area (Å²) in [6, 6.07) is 10.1. The predicted octanol–water partition coefficient (Wildman–Crippen LogP) is 1.88. The molecule has 1 aliphatic rings. The Morgan fingerprint density at radius 1 is 1.35 bits per heavy atom. The second-order valence-electron chi connectivity index (χ2n) is 6.28. The number of morpholine rings is 1. The molecule has 1 aliphatic heterocycles. The van der Waals surface area contributed by atoms with Crippen LogP contribution in [-0.2, 0) is 9.53 Å². The van der Waals surface area contributed by atoms with Crippen LogP contribution in [0, 0.1) is 5.41 Å². The van der Waals surface area contributed by atoms with E-state index in [2.05, 4.69) is 43.5 Å². The SMILES string of the molecule is CC(C)(C)C(NC(=O)C1CNCCO1)c1ccccc1. The molecule has 1 fully saturated rings. The summed E-state index contributed by atoms with van der Waals surface area (Å²) in [7, 11) is 0. The van der Waals surface area contributed by atoms with Crippen LogP contribution in [0.3, 0.4) is 0 Å². The third-order valence-electron chi connectivity index (χ3n) is 3.51. The average Bonchev–Trinajstić information content (AvgIpc) is 2.45. The van der Waals surface area contributed by atoms with Crippen LogP contribution in [0.2, 0.25) is 0 Å². The van der Waals surface area contributed by atoms with Gasteiger partial charge < -0.3 is 15.4 Å². The van der Waals surface area contributed by atoms with E-state index in [1.54, 1.807) is 0 Å². The molecule has 0 spiro atoms. The van der Waals surface area contributed by atoms with E-state index in [-0.39, 0.29) is 17.4 Å². The molecular formula is C16H24N2O2. The summed E-state index contributed by atoms with van der Waals surface area (Å²) < 4.78 is 5.51. The van der Waals surface area contributed by atoms with Crippen molar-refractivity contribution in [2.45, 2.75) is 32.9 Å². The molecule has 4 nitrogen and oxygen atoms in total. The molecule has 0 aromatic heterocycles. The van der Waals surface area contributed by atoms with Crippen LogP contribution in [-0.4, -0.2) is 31.7 Å². The smallest absolute Gasteiger partial charge is 0.250 e. The molecule has 110 valence electrons. The van der Waals surface area contributed by atoms with Gasteiger partial charge in [0.15, 0.2) is 0 Å². The zero-order valence-electron chi connectivity index (χ0n) is 12.5. The molecule has 0 radical (unpaired) electrons. The Labute approximate surface area is 120 Å². The van der Waals surface area contributed by atoms with Crippen molar-refractivity contribution in [3.05, 3.63) is 35.9 Å². The van der Waals surface area contributed by atoms with Crippen LogP contribution >= 0.6 is 0 Å². The van der Waals surface area contributed by atoms with Crippen molar-refractivity contribution < 1.29 is 9.53 Å². The number of rotatable bonds is 3. The van der Waals surface area contributed by atoms with E-state index in [9.17, 15) is 4.79 Å². The minimum absolute atomic E-state index is 0.0262.